The van der Waals surface area contributed by atoms with E-state index in [0.717, 1.165) is 0 Å². The third-order valence-electron chi connectivity index (χ3n) is 2.30. The summed E-state index contributed by atoms with van der Waals surface area (Å²) in [5, 5.41) is 8.56. The fraction of sp³-hybridized carbons (Fsp3) is 0.308. The number of carbonyl (C=O) groups excluding carboxylic acids is 1. The Morgan fingerprint density at radius 1 is 1.62 bits per heavy atom. The van der Waals surface area contributed by atoms with Crippen LogP contribution < -0.4 is 0 Å². The van der Waals surface area contributed by atoms with Gasteiger partial charge in [-0.15, -0.1) is 12.8 Å². The molecule has 3 heteroatoms. The minimum Gasteiger partial charge on any atom is -0.462 e. The molecule has 0 fully saturated rings. The number of aliphatic hydroxyl groups excluding tert-OH is 1. The predicted octanol–water partition coefficient (Wildman–Crippen LogP) is 0.661. The smallest absolute Gasteiger partial charge is 0.328 e. The maximum absolute atomic E-state index is 11.7. The van der Waals surface area contributed by atoms with Crippen LogP contribution in [0.2, 0.25) is 0 Å². The quantitative estimate of drug-likeness (QED) is 0.557. The Hall–Kier alpha value is -1.97. The lowest BCUT2D eigenvalue weighted by Gasteiger charge is -2.23. The van der Waals surface area contributed by atoms with Gasteiger partial charge in [-0.3, -0.25) is 4.79 Å². The minimum atomic E-state index is -1.09. The molecule has 0 saturated heterocycles. The Balaban J connectivity index is 2.81. The van der Waals surface area contributed by atoms with Gasteiger partial charge in [0.05, 0.1) is 6.61 Å². The topological polar surface area (TPSA) is 46.5 Å². The molecule has 16 heavy (non-hydrogen) atoms. The highest BCUT2D eigenvalue weighted by molar-refractivity contribution is 5.84. The fourth-order valence-electron chi connectivity index (χ4n) is 1.33. The summed E-state index contributed by atoms with van der Waals surface area (Å²) in [5.41, 5.74) is -0.393. The molecule has 1 N–H and O–H groups in total. The van der Waals surface area contributed by atoms with Crippen molar-refractivity contribution in [1.29, 1.82) is 0 Å². The van der Waals surface area contributed by atoms with E-state index in [1.54, 1.807) is 18.2 Å². The van der Waals surface area contributed by atoms with Crippen LogP contribution in [0.3, 0.4) is 0 Å². The lowest BCUT2D eigenvalue weighted by Crippen LogP contribution is -2.31. The molecule has 0 heterocycles. The van der Waals surface area contributed by atoms with Gasteiger partial charge in [-0.2, -0.15) is 0 Å². The average molecular weight is 216 g/mol. The van der Waals surface area contributed by atoms with Crippen LogP contribution in [0.25, 0.3) is 0 Å². The molecule has 1 unspecified atom stereocenters. The van der Waals surface area contributed by atoms with Crippen LogP contribution in [0.5, 0.6) is 0 Å². The summed E-state index contributed by atoms with van der Waals surface area (Å²) < 4.78 is 4.83. The maximum Gasteiger partial charge on any atom is 0.328 e. The van der Waals surface area contributed by atoms with Crippen molar-refractivity contribution in [2.24, 2.45) is 5.41 Å². The van der Waals surface area contributed by atoms with Crippen molar-refractivity contribution in [3.8, 4) is 24.7 Å². The van der Waals surface area contributed by atoms with Crippen molar-refractivity contribution in [1.82, 2.24) is 0 Å². The number of ether oxygens (including phenoxy) is 1. The van der Waals surface area contributed by atoms with Gasteiger partial charge in [-0.25, -0.2) is 0 Å². The molecule has 0 amide bonds. The van der Waals surface area contributed by atoms with Crippen molar-refractivity contribution in [3.63, 3.8) is 0 Å². The summed E-state index contributed by atoms with van der Waals surface area (Å²) in [6, 6.07) is 0. The number of aliphatic hydroxyl groups is 1. The number of carbonyl (C=O) groups is 1. The van der Waals surface area contributed by atoms with E-state index in [-0.39, 0.29) is 13.2 Å². The Kier molecular flexibility index (Phi) is 3.94. The highest BCUT2D eigenvalue weighted by Gasteiger charge is 2.36. The van der Waals surface area contributed by atoms with Crippen molar-refractivity contribution >= 4 is 5.97 Å². The SMILES string of the molecule is C#CC1=CCC(C#C)(C(=O)OCCO)C=C1. The predicted molar refractivity (Wildman–Crippen MR) is 60.0 cm³/mol. The molecule has 3 nitrogen and oxygen atoms in total. The fourth-order valence-corrected chi connectivity index (χ4v) is 1.33. The zero-order valence-corrected chi connectivity index (χ0v) is 8.77. The third kappa shape index (κ3) is 2.34. The average Bonchev–Trinajstić information content (AvgIpc) is 2.35. The van der Waals surface area contributed by atoms with Crippen molar-refractivity contribution in [3.05, 3.63) is 23.8 Å². The van der Waals surface area contributed by atoms with E-state index >= 15 is 0 Å². The van der Waals surface area contributed by atoms with Crippen molar-refractivity contribution < 1.29 is 14.6 Å². The molecule has 0 aromatic heterocycles. The lowest BCUT2D eigenvalue weighted by atomic mass is 9.81. The second-order valence-electron chi connectivity index (χ2n) is 3.32. The van der Waals surface area contributed by atoms with Gasteiger partial charge >= 0.3 is 5.97 Å². The molecular weight excluding hydrogens is 204 g/mol. The van der Waals surface area contributed by atoms with Crippen molar-refractivity contribution in [2.75, 3.05) is 13.2 Å². The number of allylic oxidation sites excluding steroid dienone is 3. The highest BCUT2D eigenvalue weighted by atomic mass is 16.5. The van der Waals surface area contributed by atoms with E-state index in [0.29, 0.717) is 12.0 Å². The van der Waals surface area contributed by atoms with Gasteiger partial charge in [0.15, 0.2) is 0 Å². The van der Waals surface area contributed by atoms with Gasteiger partial charge in [0.2, 0.25) is 0 Å². The summed E-state index contributed by atoms with van der Waals surface area (Å²) in [6.45, 7) is -0.274. The van der Waals surface area contributed by atoms with Crippen LogP contribution in [0.1, 0.15) is 6.42 Å². The van der Waals surface area contributed by atoms with Crippen LogP contribution in [0.15, 0.2) is 23.8 Å². The summed E-state index contributed by atoms with van der Waals surface area (Å²) >= 11 is 0. The number of esters is 1. The lowest BCUT2D eigenvalue weighted by molar-refractivity contribution is -0.151. The van der Waals surface area contributed by atoms with Crippen LogP contribution in [0.4, 0.5) is 0 Å². The van der Waals surface area contributed by atoms with Crippen LogP contribution in [0, 0.1) is 30.1 Å². The van der Waals surface area contributed by atoms with Gasteiger partial charge in [-0.05, 0) is 12.5 Å². The van der Waals surface area contributed by atoms with Gasteiger partial charge < -0.3 is 9.84 Å². The van der Waals surface area contributed by atoms with E-state index in [4.69, 9.17) is 22.7 Å². The normalized spacial score (nSPS) is 22.8. The number of hydrogen-bond donors (Lipinski definition) is 1. The molecule has 0 saturated carbocycles. The standard InChI is InChI=1S/C13H12O3/c1-3-11-5-7-13(4-2,8-6-11)12(15)16-10-9-14/h1-2,5-7,14H,8-10H2. The molecule has 1 rings (SSSR count). The Labute approximate surface area is 94.8 Å². The Morgan fingerprint density at radius 2 is 2.38 bits per heavy atom. The first-order valence-corrected chi connectivity index (χ1v) is 4.80. The summed E-state index contributed by atoms with van der Waals surface area (Å²) in [7, 11) is 0. The largest absolute Gasteiger partial charge is 0.462 e. The van der Waals surface area contributed by atoms with Gasteiger partial charge in [0.1, 0.15) is 12.0 Å². The molecule has 0 aliphatic heterocycles. The third-order valence-corrected chi connectivity index (χ3v) is 2.30. The highest BCUT2D eigenvalue weighted by Crippen LogP contribution is 2.30. The second kappa shape index (κ2) is 5.21. The minimum absolute atomic E-state index is 0.0538. The molecule has 1 atom stereocenters. The first kappa shape index (κ1) is 12.1. The summed E-state index contributed by atoms with van der Waals surface area (Å²) in [6.07, 6.45) is 15.8. The molecule has 0 radical (unpaired) electrons. The molecule has 0 spiro atoms. The first-order chi connectivity index (χ1) is 7.68. The Morgan fingerprint density at radius 3 is 2.81 bits per heavy atom. The molecule has 0 aromatic rings. The van der Waals surface area contributed by atoms with Crippen molar-refractivity contribution in [2.45, 2.75) is 6.42 Å². The molecular formula is C13H12O3. The zero-order chi connectivity index (χ0) is 12.0. The van der Waals surface area contributed by atoms with E-state index in [1.807, 2.05) is 0 Å². The zero-order valence-electron chi connectivity index (χ0n) is 8.77. The van der Waals surface area contributed by atoms with E-state index in [9.17, 15) is 4.79 Å². The number of terminal acetylenes is 2. The van der Waals surface area contributed by atoms with Gasteiger partial charge in [0.25, 0.3) is 0 Å². The number of rotatable bonds is 3. The number of hydrogen-bond acceptors (Lipinski definition) is 3. The summed E-state index contributed by atoms with van der Waals surface area (Å²) in [5.74, 6) is 4.34. The van der Waals surface area contributed by atoms with E-state index in [2.05, 4.69) is 11.8 Å². The van der Waals surface area contributed by atoms with E-state index in [1.165, 1.54) is 0 Å². The Bertz CT molecular complexity index is 417. The monoisotopic (exact) mass is 216 g/mol. The first-order valence-electron chi connectivity index (χ1n) is 4.80. The molecule has 1 aliphatic carbocycles. The summed E-state index contributed by atoms with van der Waals surface area (Å²) in [4.78, 5) is 11.7. The van der Waals surface area contributed by atoms with Crippen LogP contribution >= 0.6 is 0 Å². The molecule has 1 aliphatic rings. The van der Waals surface area contributed by atoms with Gasteiger partial charge in [0, 0.05) is 5.57 Å². The maximum atomic E-state index is 11.7. The van der Waals surface area contributed by atoms with E-state index < -0.39 is 11.4 Å². The molecule has 0 bridgehead atoms. The second-order valence-corrected chi connectivity index (χ2v) is 3.32. The molecule has 82 valence electrons. The van der Waals surface area contributed by atoms with Crippen LogP contribution in [-0.2, 0) is 9.53 Å². The van der Waals surface area contributed by atoms with Crippen LogP contribution in [-0.4, -0.2) is 24.3 Å². The van der Waals surface area contributed by atoms with Gasteiger partial charge in [-0.1, -0.05) is 24.0 Å². The molecule has 0 aromatic carbocycles.